The predicted octanol–water partition coefficient (Wildman–Crippen LogP) is 5.80. The van der Waals surface area contributed by atoms with Gasteiger partial charge < -0.3 is 10.2 Å². The molecule has 4 saturated carbocycles. The Morgan fingerprint density at radius 3 is 2.48 bits per heavy atom. The van der Waals surface area contributed by atoms with E-state index in [1.165, 1.54) is 51.4 Å². The molecule has 0 bridgehead atoms. The van der Waals surface area contributed by atoms with Crippen LogP contribution in [0, 0.1) is 46.3 Å². The van der Waals surface area contributed by atoms with Gasteiger partial charge in [0.2, 0.25) is 0 Å². The summed E-state index contributed by atoms with van der Waals surface area (Å²) < 4.78 is 0. The van der Waals surface area contributed by atoms with Gasteiger partial charge in [0.05, 0.1) is 12.2 Å². The maximum Gasteiger partial charge on any atom is 0.0602 e. The smallest absolute Gasteiger partial charge is 0.0602 e. The molecule has 4 aliphatic rings. The fraction of sp³-hybridized carbons (Fsp3) is 1.00. The van der Waals surface area contributed by atoms with Crippen LogP contribution >= 0.6 is 0 Å². The Labute approximate surface area is 167 Å². The number of hydrogen-bond donors (Lipinski definition) is 2. The molecule has 4 rings (SSSR count). The summed E-state index contributed by atoms with van der Waals surface area (Å²) in [5, 5.41) is 21.7. The largest absolute Gasteiger partial charge is 0.393 e. The standard InChI is InChI=1S/C25H44O2/c1-5-6-7-16(2)20-10-11-21-19-9-8-17-14-18(26)12-13-24(17,3)22(19)15-23(27)25(20,21)4/h16-23,26-27H,5-15H2,1-4H3/t16?,17?,18-,19?,20?,21+,22+,23+,24?,25?/m1/s1. The summed E-state index contributed by atoms with van der Waals surface area (Å²) in [4.78, 5) is 0. The van der Waals surface area contributed by atoms with Crippen molar-refractivity contribution < 1.29 is 10.2 Å². The third-order valence-electron chi connectivity index (χ3n) is 10.5. The number of aliphatic hydroxyl groups is 2. The highest BCUT2D eigenvalue weighted by Crippen LogP contribution is 2.68. The second-order valence-corrected chi connectivity index (χ2v) is 11.5. The Balaban J connectivity index is 1.58. The third-order valence-corrected chi connectivity index (χ3v) is 10.5. The molecule has 6 unspecified atom stereocenters. The lowest BCUT2D eigenvalue weighted by Crippen LogP contribution is -2.58. The number of hydrogen-bond acceptors (Lipinski definition) is 2. The summed E-state index contributed by atoms with van der Waals surface area (Å²) in [6.45, 7) is 9.75. The van der Waals surface area contributed by atoms with Gasteiger partial charge in [-0.15, -0.1) is 0 Å². The zero-order valence-electron chi connectivity index (χ0n) is 18.3. The van der Waals surface area contributed by atoms with Crippen LogP contribution in [0.4, 0.5) is 0 Å². The number of unbranched alkanes of at least 4 members (excludes halogenated alkanes) is 1. The van der Waals surface area contributed by atoms with Crippen LogP contribution in [0.5, 0.6) is 0 Å². The van der Waals surface area contributed by atoms with E-state index < -0.39 is 0 Å². The van der Waals surface area contributed by atoms with Gasteiger partial charge in [0.25, 0.3) is 0 Å². The van der Waals surface area contributed by atoms with Crippen molar-refractivity contribution in [3.05, 3.63) is 0 Å². The minimum atomic E-state index is -0.122. The second kappa shape index (κ2) is 7.31. The van der Waals surface area contributed by atoms with Crippen molar-refractivity contribution in [3.8, 4) is 0 Å². The zero-order chi connectivity index (χ0) is 19.4. The molecule has 0 aromatic carbocycles. The van der Waals surface area contributed by atoms with Crippen molar-refractivity contribution in [1.29, 1.82) is 0 Å². The van der Waals surface area contributed by atoms with Crippen molar-refractivity contribution in [1.82, 2.24) is 0 Å². The van der Waals surface area contributed by atoms with Gasteiger partial charge in [0, 0.05) is 0 Å². The quantitative estimate of drug-likeness (QED) is 0.650. The van der Waals surface area contributed by atoms with Crippen LogP contribution in [0.2, 0.25) is 0 Å². The second-order valence-electron chi connectivity index (χ2n) is 11.5. The molecule has 0 saturated heterocycles. The lowest BCUT2D eigenvalue weighted by molar-refractivity contribution is -0.174. The summed E-state index contributed by atoms with van der Waals surface area (Å²) in [6, 6.07) is 0. The van der Waals surface area contributed by atoms with Crippen molar-refractivity contribution in [2.45, 2.75) is 111 Å². The summed E-state index contributed by atoms with van der Waals surface area (Å²) in [5.41, 5.74) is 0.502. The summed E-state index contributed by atoms with van der Waals surface area (Å²) in [6.07, 6.45) is 13.3. The normalized spacial score (nSPS) is 53.3. The molecule has 4 fully saturated rings. The van der Waals surface area contributed by atoms with Gasteiger partial charge in [0.1, 0.15) is 0 Å². The van der Waals surface area contributed by atoms with Crippen molar-refractivity contribution in [2.75, 3.05) is 0 Å². The first kappa shape index (κ1) is 20.2. The van der Waals surface area contributed by atoms with Gasteiger partial charge in [-0.3, -0.25) is 0 Å². The number of rotatable bonds is 4. The molecule has 10 atom stereocenters. The van der Waals surface area contributed by atoms with Crippen LogP contribution in [0.15, 0.2) is 0 Å². The van der Waals surface area contributed by atoms with E-state index in [0.717, 1.165) is 37.0 Å². The van der Waals surface area contributed by atoms with Gasteiger partial charge in [-0.1, -0.05) is 47.0 Å². The summed E-state index contributed by atoms with van der Waals surface area (Å²) in [7, 11) is 0. The van der Waals surface area contributed by atoms with E-state index in [-0.39, 0.29) is 17.6 Å². The monoisotopic (exact) mass is 376 g/mol. The molecular formula is C25H44O2. The maximum absolute atomic E-state index is 11.5. The van der Waals surface area contributed by atoms with Crippen LogP contribution in [0.25, 0.3) is 0 Å². The molecule has 0 spiro atoms. The lowest BCUT2D eigenvalue weighted by Gasteiger charge is -2.62. The topological polar surface area (TPSA) is 40.5 Å². The van der Waals surface area contributed by atoms with Crippen molar-refractivity contribution >= 4 is 0 Å². The highest BCUT2D eigenvalue weighted by atomic mass is 16.3. The lowest BCUT2D eigenvalue weighted by atomic mass is 9.43. The first-order valence-corrected chi connectivity index (χ1v) is 12.2. The Kier molecular flexibility index (Phi) is 5.47. The summed E-state index contributed by atoms with van der Waals surface area (Å²) >= 11 is 0. The maximum atomic E-state index is 11.5. The molecule has 156 valence electrons. The number of aliphatic hydroxyl groups excluding tert-OH is 2. The molecule has 27 heavy (non-hydrogen) atoms. The van der Waals surface area contributed by atoms with E-state index in [2.05, 4.69) is 27.7 Å². The van der Waals surface area contributed by atoms with Crippen LogP contribution in [0.3, 0.4) is 0 Å². The molecule has 0 aromatic heterocycles. The van der Waals surface area contributed by atoms with Crippen molar-refractivity contribution in [3.63, 3.8) is 0 Å². The van der Waals surface area contributed by atoms with Gasteiger partial charge in [-0.25, -0.2) is 0 Å². The predicted molar refractivity (Wildman–Crippen MR) is 111 cm³/mol. The zero-order valence-corrected chi connectivity index (χ0v) is 18.3. The molecule has 0 heterocycles. The molecule has 2 nitrogen and oxygen atoms in total. The molecule has 0 amide bonds. The molecule has 0 aliphatic heterocycles. The minimum Gasteiger partial charge on any atom is -0.393 e. The fourth-order valence-corrected chi connectivity index (χ4v) is 8.89. The van der Waals surface area contributed by atoms with Crippen LogP contribution in [-0.2, 0) is 0 Å². The number of fused-ring (bicyclic) bond motifs is 5. The first-order chi connectivity index (χ1) is 12.8. The van der Waals surface area contributed by atoms with E-state index in [4.69, 9.17) is 0 Å². The highest BCUT2D eigenvalue weighted by molar-refractivity contribution is 5.12. The molecule has 0 radical (unpaired) electrons. The van der Waals surface area contributed by atoms with E-state index in [1.54, 1.807) is 0 Å². The Morgan fingerprint density at radius 2 is 1.74 bits per heavy atom. The fourth-order valence-electron chi connectivity index (χ4n) is 8.89. The molecular weight excluding hydrogens is 332 g/mol. The highest BCUT2D eigenvalue weighted by Gasteiger charge is 2.63. The summed E-state index contributed by atoms with van der Waals surface area (Å²) in [5.74, 6) is 4.37. The van der Waals surface area contributed by atoms with Gasteiger partial charge >= 0.3 is 0 Å². The minimum absolute atomic E-state index is 0.0753. The van der Waals surface area contributed by atoms with E-state index in [0.29, 0.717) is 23.2 Å². The molecule has 2 N–H and O–H groups in total. The van der Waals surface area contributed by atoms with E-state index >= 15 is 0 Å². The Hall–Kier alpha value is -0.0800. The van der Waals surface area contributed by atoms with E-state index in [1.807, 2.05) is 0 Å². The first-order valence-electron chi connectivity index (χ1n) is 12.2. The molecule has 2 heteroatoms. The van der Waals surface area contributed by atoms with Crippen molar-refractivity contribution in [2.24, 2.45) is 46.3 Å². The average Bonchev–Trinajstić information content (AvgIpc) is 3.00. The van der Waals surface area contributed by atoms with E-state index in [9.17, 15) is 10.2 Å². The molecule has 4 aliphatic carbocycles. The van der Waals surface area contributed by atoms with Gasteiger partial charge in [-0.2, -0.15) is 0 Å². The SMILES string of the molecule is CCCCC(C)C1CC[C@H]2C3CCC4C[C@H](O)CCC4(C)[C@H]3C[C@H](O)C12C. The van der Waals surface area contributed by atoms with Crippen LogP contribution < -0.4 is 0 Å². The van der Waals surface area contributed by atoms with Crippen LogP contribution in [0.1, 0.15) is 98.3 Å². The Morgan fingerprint density at radius 1 is 0.963 bits per heavy atom. The van der Waals surface area contributed by atoms with Gasteiger partial charge in [0.15, 0.2) is 0 Å². The van der Waals surface area contributed by atoms with Gasteiger partial charge in [-0.05, 0) is 97.7 Å². The molecule has 0 aromatic rings. The third kappa shape index (κ3) is 3.03. The van der Waals surface area contributed by atoms with Crippen LogP contribution in [-0.4, -0.2) is 22.4 Å². The average molecular weight is 377 g/mol. The Bertz CT molecular complexity index is 532.